The molecule has 0 aliphatic heterocycles. The molecule has 0 bridgehead atoms. The zero-order valence-corrected chi connectivity index (χ0v) is 12.8. The fourth-order valence-electron chi connectivity index (χ4n) is 1.98. The molecule has 6 heteroatoms. The summed E-state index contributed by atoms with van der Waals surface area (Å²) in [5.74, 6) is 0. The Labute approximate surface area is 121 Å². The van der Waals surface area contributed by atoms with Crippen molar-refractivity contribution in [2.45, 2.75) is 43.7 Å². The van der Waals surface area contributed by atoms with Crippen LogP contribution < -0.4 is 15.4 Å². The van der Waals surface area contributed by atoms with Crippen LogP contribution in [-0.2, 0) is 10.0 Å². The highest BCUT2D eigenvalue weighted by molar-refractivity contribution is 7.89. The maximum atomic E-state index is 12.2. The molecule has 0 saturated heterocycles. The Bertz CT molecular complexity index is 539. The summed E-state index contributed by atoms with van der Waals surface area (Å²) in [6.45, 7) is 5.18. The van der Waals surface area contributed by atoms with Crippen molar-refractivity contribution in [2.24, 2.45) is 0 Å². The van der Waals surface area contributed by atoms with Gasteiger partial charge in [-0.25, -0.2) is 13.1 Å². The predicted octanol–water partition coefficient (Wildman–Crippen LogP) is 1.54. The van der Waals surface area contributed by atoms with Crippen molar-refractivity contribution in [1.82, 2.24) is 10.0 Å². The smallest absolute Gasteiger partial charge is 0.242 e. The molecule has 0 atom stereocenters. The summed E-state index contributed by atoms with van der Waals surface area (Å²) in [6.07, 6.45) is 2.51. The molecule has 1 aliphatic rings. The summed E-state index contributed by atoms with van der Waals surface area (Å²) in [4.78, 5) is 0.306. The quantitative estimate of drug-likeness (QED) is 0.637. The van der Waals surface area contributed by atoms with Crippen LogP contribution in [0.2, 0.25) is 0 Å². The third-order valence-corrected chi connectivity index (χ3v) is 4.73. The molecular weight excluding hydrogens is 274 g/mol. The van der Waals surface area contributed by atoms with Crippen LogP contribution in [0.5, 0.6) is 0 Å². The molecule has 1 aromatic carbocycles. The van der Waals surface area contributed by atoms with Gasteiger partial charge in [-0.05, 0) is 38.8 Å². The number of anilines is 1. The zero-order chi connectivity index (χ0) is 14.6. The summed E-state index contributed by atoms with van der Waals surface area (Å²) < 4.78 is 27.1. The average Bonchev–Trinajstić information content (AvgIpc) is 3.17. The van der Waals surface area contributed by atoms with Crippen molar-refractivity contribution >= 4 is 15.7 Å². The number of para-hydroxylation sites is 1. The first-order chi connectivity index (χ1) is 9.49. The van der Waals surface area contributed by atoms with Gasteiger partial charge in [-0.3, -0.25) is 0 Å². The maximum Gasteiger partial charge on any atom is 0.242 e. The molecule has 112 valence electrons. The van der Waals surface area contributed by atoms with E-state index in [1.165, 1.54) is 12.8 Å². The SMILES string of the molecule is CC(C)NS(=O)(=O)c1ccccc1NCCNC1CC1. The third kappa shape index (κ3) is 4.47. The Morgan fingerprint density at radius 1 is 1.20 bits per heavy atom. The molecule has 5 nitrogen and oxygen atoms in total. The Morgan fingerprint density at radius 3 is 2.55 bits per heavy atom. The van der Waals surface area contributed by atoms with Crippen molar-refractivity contribution in [3.8, 4) is 0 Å². The van der Waals surface area contributed by atoms with Gasteiger partial charge in [-0.15, -0.1) is 0 Å². The molecule has 20 heavy (non-hydrogen) atoms. The lowest BCUT2D eigenvalue weighted by molar-refractivity contribution is 0.570. The number of hydrogen-bond donors (Lipinski definition) is 3. The Kier molecular flexibility index (Phi) is 5.01. The largest absolute Gasteiger partial charge is 0.383 e. The molecule has 0 unspecified atom stereocenters. The minimum atomic E-state index is -3.46. The standard InChI is InChI=1S/C14H23N3O2S/c1-11(2)17-20(18,19)14-6-4-3-5-13(14)16-10-9-15-12-7-8-12/h3-6,11-12,15-17H,7-10H2,1-2H3. The fourth-order valence-corrected chi connectivity index (χ4v) is 3.42. The van der Waals surface area contributed by atoms with E-state index in [1.54, 1.807) is 18.2 Å². The number of benzene rings is 1. The van der Waals surface area contributed by atoms with Crippen LogP contribution in [-0.4, -0.2) is 33.6 Å². The van der Waals surface area contributed by atoms with Gasteiger partial charge >= 0.3 is 0 Å². The van der Waals surface area contributed by atoms with Crippen LogP contribution in [0.15, 0.2) is 29.2 Å². The van der Waals surface area contributed by atoms with Crippen LogP contribution in [0.25, 0.3) is 0 Å². The molecule has 0 aromatic heterocycles. The summed E-state index contributed by atoms with van der Waals surface area (Å²) in [5, 5.41) is 6.58. The normalized spacial score (nSPS) is 15.6. The van der Waals surface area contributed by atoms with Crippen LogP contribution >= 0.6 is 0 Å². The lowest BCUT2D eigenvalue weighted by Crippen LogP contribution is -2.31. The summed E-state index contributed by atoms with van der Waals surface area (Å²) >= 11 is 0. The molecule has 1 fully saturated rings. The van der Waals surface area contributed by atoms with Crippen molar-refractivity contribution in [1.29, 1.82) is 0 Å². The first kappa shape index (κ1) is 15.3. The molecule has 1 aliphatic carbocycles. The van der Waals surface area contributed by atoms with E-state index >= 15 is 0 Å². The van der Waals surface area contributed by atoms with Gasteiger partial charge in [0.25, 0.3) is 0 Å². The van der Waals surface area contributed by atoms with E-state index in [1.807, 2.05) is 19.9 Å². The number of rotatable bonds is 8. The van der Waals surface area contributed by atoms with E-state index < -0.39 is 10.0 Å². The zero-order valence-electron chi connectivity index (χ0n) is 12.0. The van der Waals surface area contributed by atoms with Gasteiger partial charge in [0.2, 0.25) is 10.0 Å². The van der Waals surface area contributed by atoms with Crippen LogP contribution in [0.1, 0.15) is 26.7 Å². The predicted molar refractivity (Wildman–Crippen MR) is 81.4 cm³/mol. The highest BCUT2D eigenvalue weighted by Gasteiger charge is 2.20. The van der Waals surface area contributed by atoms with E-state index in [0.29, 0.717) is 23.2 Å². The minimum Gasteiger partial charge on any atom is -0.383 e. The highest BCUT2D eigenvalue weighted by Crippen LogP contribution is 2.21. The molecule has 1 aromatic rings. The van der Waals surface area contributed by atoms with E-state index in [-0.39, 0.29) is 6.04 Å². The first-order valence-electron chi connectivity index (χ1n) is 7.07. The van der Waals surface area contributed by atoms with E-state index in [4.69, 9.17) is 0 Å². The number of sulfonamides is 1. The van der Waals surface area contributed by atoms with Crippen LogP contribution in [0.4, 0.5) is 5.69 Å². The van der Waals surface area contributed by atoms with E-state index in [2.05, 4.69) is 15.4 Å². The van der Waals surface area contributed by atoms with Gasteiger partial charge < -0.3 is 10.6 Å². The first-order valence-corrected chi connectivity index (χ1v) is 8.56. The molecule has 0 radical (unpaired) electrons. The third-order valence-electron chi connectivity index (χ3n) is 3.02. The van der Waals surface area contributed by atoms with Crippen molar-refractivity contribution in [3.63, 3.8) is 0 Å². The van der Waals surface area contributed by atoms with Crippen molar-refractivity contribution in [3.05, 3.63) is 24.3 Å². The van der Waals surface area contributed by atoms with Gasteiger partial charge in [0.1, 0.15) is 4.90 Å². The summed E-state index contributed by atoms with van der Waals surface area (Å²) in [7, 11) is -3.46. The monoisotopic (exact) mass is 297 g/mol. The second kappa shape index (κ2) is 6.56. The van der Waals surface area contributed by atoms with Crippen LogP contribution in [0.3, 0.4) is 0 Å². The number of hydrogen-bond acceptors (Lipinski definition) is 4. The van der Waals surface area contributed by atoms with Crippen LogP contribution in [0, 0.1) is 0 Å². The minimum absolute atomic E-state index is 0.121. The van der Waals surface area contributed by atoms with E-state index in [0.717, 1.165) is 6.54 Å². The lowest BCUT2D eigenvalue weighted by atomic mass is 10.3. The number of nitrogens with one attached hydrogen (secondary N) is 3. The fraction of sp³-hybridized carbons (Fsp3) is 0.571. The maximum absolute atomic E-state index is 12.2. The second-order valence-electron chi connectivity index (χ2n) is 5.43. The molecule has 0 amide bonds. The van der Waals surface area contributed by atoms with E-state index in [9.17, 15) is 8.42 Å². The lowest BCUT2D eigenvalue weighted by Gasteiger charge is -2.15. The summed E-state index contributed by atoms with van der Waals surface area (Å²) in [6, 6.07) is 7.55. The molecule has 3 N–H and O–H groups in total. The average molecular weight is 297 g/mol. The second-order valence-corrected chi connectivity index (χ2v) is 7.11. The molecule has 1 saturated carbocycles. The van der Waals surface area contributed by atoms with Crippen molar-refractivity contribution in [2.75, 3.05) is 18.4 Å². The molecule has 0 heterocycles. The Morgan fingerprint density at radius 2 is 1.90 bits per heavy atom. The molecule has 2 rings (SSSR count). The van der Waals surface area contributed by atoms with Gasteiger partial charge in [0.05, 0.1) is 5.69 Å². The van der Waals surface area contributed by atoms with Crippen molar-refractivity contribution < 1.29 is 8.42 Å². The topological polar surface area (TPSA) is 70.2 Å². The van der Waals surface area contributed by atoms with Gasteiger partial charge in [-0.2, -0.15) is 0 Å². The Balaban J connectivity index is 2.00. The highest BCUT2D eigenvalue weighted by atomic mass is 32.2. The van der Waals surface area contributed by atoms with Gasteiger partial charge in [0.15, 0.2) is 0 Å². The Hall–Kier alpha value is -1.11. The summed E-state index contributed by atoms with van der Waals surface area (Å²) in [5.41, 5.74) is 0.651. The molecular formula is C14H23N3O2S. The molecule has 0 spiro atoms. The van der Waals surface area contributed by atoms with Gasteiger partial charge in [0, 0.05) is 25.2 Å². The van der Waals surface area contributed by atoms with Gasteiger partial charge in [-0.1, -0.05) is 12.1 Å².